The van der Waals surface area contributed by atoms with Crippen molar-refractivity contribution in [3.05, 3.63) is 39.5 Å². The van der Waals surface area contributed by atoms with Gasteiger partial charge in [0.25, 0.3) is 0 Å². The van der Waals surface area contributed by atoms with Crippen LogP contribution in [0.25, 0.3) is 0 Å². The number of aromatic carboxylic acids is 1. The molecule has 0 aliphatic heterocycles. The Labute approximate surface area is 113 Å². The number of thiazole rings is 1. The molecule has 2 heterocycles. The van der Waals surface area contributed by atoms with Gasteiger partial charge in [-0.1, -0.05) is 11.8 Å². The summed E-state index contributed by atoms with van der Waals surface area (Å²) in [6.07, 6.45) is 0. The summed E-state index contributed by atoms with van der Waals surface area (Å²) in [5.74, 6) is -0.333. The lowest BCUT2D eigenvalue weighted by Crippen LogP contribution is -1.95. The molecule has 0 bridgehead atoms. The van der Waals surface area contributed by atoms with Crippen molar-refractivity contribution in [1.82, 2.24) is 9.97 Å². The smallest absolute Gasteiger partial charge is 0.365 e. The van der Waals surface area contributed by atoms with Gasteiger partial charge < -0.3 is 5.11 Å². The Balaban J connectivity index is 2.04. The second kappa shape index (κ2) is 5.49. The van der Waals surface area contributed by atoms with E-state index < -0.39 is 5.97 Å². The summed E-state index contributed by atoms with van der Waals surface area (Å²) >= 11 is 2.72. The van der Waals surface area contributed by atoms with E-state index in [2.05, 4.69) is 9.97 Å². The molecule has 0 unspecified atom stereocenters. The molecule has 0 amide bonds. The van der Waals surface area contributed by atoms with Crippen molar-refractivity contribution in [2.45, 2.75) is 24.6 Å². The third-order valence-electron chi connectivity index (χ3n) is 2.18. The highest BCUT2D eigenvalue weighted by Crippen LogP contribution is 2.23. The topological polar surface area (TPSA) is 63.1 Å². The van der Waals surface area contributed by atoms with Gasteiger partial charge in [-0.2, -0.15) is 0 Å². The molecule has 2 aromatic heterocycles. The predicted octanol–water partition coefficient (Wildman–Crippen LogP) is 3.15. The molecule has 18 heavy (non-hydrogen) atoms. The van der Waals surface area contributed by atoms with Crippen molar-refractivity contribution in [1.29, 1.82) is 0 Å². The van der Waals surface area contributed by atoms with Crippen molar-refractivity contribution < 1.29 is 9.90 Å². The normalized spacial score (nSPS) is 10.6. The number of carboxylic acids is 1. The number of aryl methyl sites for hydroxylation is 2. The quantitative estimate of drug-likeness (QED) is 0.872. The molecular formula is C12H12N2O2S2. The van der Waals surface area contributed by atoms with Gasteiger partial charge in [-0.3, -0.25) is 0 Å². The number of carboxylic acid groups (broad SMARTS) is 1. The molecule has 0 fully saturated rings. The van der Waals surface area contributed by atoms with Crippen molar-refractivity contribution >= 4 is 29.1 Å². The second-order valence-corrected chi connectivity index (χ2v) is 5.72. The lowest BCUT2D eigenvalue weighted by Gasteiger charge is -2.02. The van der Waals surface area contributed by atoms with E-state index in [1.807, 2.05) is 26.0 Å². The Kier molecular flexibility index (Phi) is 3.98. The van der Waals surface area contributed by atoms with Crippen molar-refractivity contribution in [3.8, 4) is 0 Å². The van der Waals surface area contributed by atoms with Crippen molar-refractivity contribution in [2.75, 3.05) is 0 Å². The first-order valence-electron chi connectivity index (χ1n) is 5.30. The van der Waals surface area contributed by atoms with Crippen LogP contribution in [0.3, 0.4) is 0 Å². The molecule has 6 heteroatoms. The highest BCUT2D eigenvalue weighted by molar-refractivity contribution is 7.98. The van der Waals surface area contributed by atoms with E-state index in [9.17, 15) is 4.79 Å². The molecular weight excluding hydrogens is 268 g/mol. The molecule has 0 saturated heterocycles. The van der Waals surface area contributed by atoms with Gasteiger partial charge in [0.1, 0.15) is 0 Å². The highest BCUT2D eigenvalue weighted by Gasteiger charge is 2.09. The number of aromatic nitrogens is 2. The average molecular weight is 280 g/mol. The van der Waals surface area contributed by atoms with Gasteiger partial charge in [-0.05, 0) is 31.5 Å². The number of rotatable bonds is 4. The van der Waals surface area contributed by atoms with E-state index in [4.69, 9.17) is 5.11 Å². The van der Waals surface area contributed by atoms with Gasteiger partial charge in [0, 0.05) is 16.8 Å². The molecule has 2 rings (SSSR count). The summed E-state index contributed by atoms with van der Waals surface area (Å²) < 4.78 is 0. The third-order valence-corrected chi connectivity index (χ3v) is 4.00. The molecule has 94 valence electrons. The van der Waals surface area contributed by atoms with Crippen LogP contribution in [0.1, 0.15) is 26.8 Å². The Morgan fingerprint density at radius 1 is 1.39 bits per heavy atom. The van der Waals surface area contributed by atoms with Crippen LogP contribution in [0, 0.1) is 13.8 Å². The third kappa shape index (κ3) is 3.30. The van der Waals surface area contributed by atoms with E-state index >= 15 is 0 Å². The summed E-state index contributed by atoms with van der Waals surface area (Å²) in [5, 5.41) is 11.6. The molecule has 0 aromatic carbocycles. The lowest BCUT2D eigenvalue weighted by atomic mass is 10.3. The fraction of sp³-hybridized carbons (Fsp3) is 0.250. The Hall–Kier alpha value is -1.40. The average Bonchev–Trinajstić information content (AvgIpc) is 2.73. The molecule has 0 aliphatic rings. The van der Waals surface area contributed by atoms with Gasteiger partial charge >= 0.3 is 5.97 Å². The predicted molar refractivity (Wildman–Crippen MR) is 72.3 cm³/mol. The molecule has 0 aliphatic carbocycles. The molecule has 0 radical (unpaired) electrons. The van der Waals surface area contributed by atoms with E-state index in [1.54, 1.807) is 17.1 Å². The maximum Gasteiger partial charge on any atom is 0.365 e. The number of hydrogen-bond acceptors (Lipinski definition) is 5. The van der Waals surface area contributed by atoms with E-state index in [0.717, 1.165) is 27.8 Å². The second-order valence-electron chi connectivity index (χ2n) is 3.86. The van der Waals surface area contributed by atoms with Gasteiger partial charge in [0.05, 0.1) is 10.7 Å². The van der Waals surface area contributed by atoms with Crippen LogP contribution in [-0.2, 0) is 5.75 Å². The molecule has 1 N–H and O–H groups in total. The monoisotopic (exact) mass is 280 g/mol. The van der Waals surface area contributed by atoms with Gasteiger partial charge in [0.2, 0.25) is 5.01 Å². The zero-order valence-corrected chi connectivity index (χ0v) is 11.6. The first-order valence-corrected chi connectivity index (χ1v) is 7.17. The van der Waals surface area contributed by atoms with Gasteiger partial charge in [-0.25, -0.2) is 14.8 Å². The summed E-state index contributed by atoms with van der Waals surface area (Å²) in [6, 6.07) is 4.04. The van der Waals surface area contributed by atoms with Crippen LogP contribution in [-0.4, -0.2) is 21.0 Å². The zero-order chi connectivity index (χ0) is 13.1. The lowest BCUT2D eigenvalue weighted by molar-refractivity contribution is 0.0696. The highest BCUT2D eigenvalue weighted by atomic mass is 32.2. The Bertz CT molecular complexity index is 561. The number of thioether (sulfide) groups is 1. The van der Waals surface area contributed by atoms with Gasteiger partial charge in [-0.15, -0.1) is 11.3 Å². The maximum atomic E-state index is 10.7. The standard InChI is InChI=1S/C12H12N2O2S2/c1-7-3-8(2)13-10(4-7)17-5-9-6-18-11(14-9)12(15)16/h3-4,6H,5H2,1-2H3,(H,15,16). The maximum absolute atomic E-state index is 10.7. The van der Waals surface area contributed by atoms with Crippen molar-refractivity contribution in [2.24, 2.45) is 0 Å². The summed E-state index contributed by atoms with van der Waals surface area (Å²) in [4.78, 5) is 19.2. The summed E-state index contributed by atoms with van der Waals surface area (Å²) in [7, 11) is 0. The largest absolute Gasteiger partial charge is 0.476 e. The summed E-state index contributed by atoms with van der Waals surface area (Å²) in [5.41, 5.74) is 2.94. The van der Waals surface area contributed by atoms with Crippen LogP contribution in [0.2, 0.25) is 0 Å². The minimum atomic E-state index is -0.972. The fourth-order valence-electron chi connectivity index (χ4n) is 1.50. The number of carbonyl (C=O) groups is 1. The minimum Gasteiger partial charge on any atom is -0.476 e. The van der Waals surface area contributed by atoms with Crippen LogP contribution in [0.5, 0.6) is 0 Å². The number of nitrogens with zero attached hydrogens (tertiary/aromatic N) is 2. The zero-order valence-electron chi connectivity index (χ0n) is 10.0. The first-order chi connectivity index (χ1) is 8.54. The summed E-state index contributed by atoms with van der Waals surface area (Å²) in [6.45, 7) is 3.99. The molecule has 2 aromatic rings. The van der Waals surface area contributed by atoms with Gasteiger partial charge in [0.15, 0.2) is 0 Å². The molecule has 0 atom stereocenters. The molecule has 4 nitrogen and oxygen atoms in total. The Morgan fingerprint density at radius 2 is 2.17 bits per heavy atom. The van der Waals surface area contributed by atoms with Crippen LogP contribution in [0.15, 0.2) is 22.5 Å². The minimum absolute atomic E-state index is 0.138. The fourth-order valence-corrected chi connectivity index (χ4v) is 3.18. The Morgan fingerprint density at radius 3 is 2.78 bits per heavy atom. The van der Waals surface area contributed by atoms with E-state index in [0.29, 0.717) is 5.75 Å². The van der Waals surface area contributed by atoms with Crippen LogP contribution >= 0.6 is 23.1 Å². The SMILES string of the molecule is Cc1cc(C)nc(SCc2csc(C(=O)O)n2)c1. The molecule has 0 saturated carbocycles. The number of pyridine rings is 1. The number of hydrogen-bond donors (Lipinski definition) is 1. The van der Waals surface area contributed by atoms with E-state index in [-0.39, 0.29) is 5.01 Å². The van der Waals surface area contributed by atoms with E-state index in [1.165, 1.54) is 5.56 Å². The van der Waals surface area contributed by atoms with Crippen LogP contribution in [0.4, 0.5) is 0 Å². The first kappa shape index (κ1) is 13.0. The molecule has 0 spiro atoms. The van der Waals surface area contributed by atoms with Crippen LogP contribution < -0.4 is 0 Å². The van der Waals surface area contributed by atoms with Crippen molar-refractivity contribution in [3.63, 3.8) is 0 Å².